The minimum atomic E-state index is -4.22. The molecule has 0 aliphatic rings. The fourth-order valence-electron chi connectivity index (χ4n) is 0.355. The maximum atomic E-state index is 11.5. The SMILES string of the molecule is [CH2]CCC(=C)C(F)(F)F. The molecule has 0 saturated carbocycles. The first-order valence-electron chi connectivity index (χ1n) is 2.52. The predicted octanol–water partition coefficient (Wildman–Crippen LogP) is 2.72. The lowest BCUT2D eigenvalue weighted by atomic mass is 10.2. The Morgan fingerprint density at radius 2 is 1.78 bits per heavy atom. The maximum Gasteiger partial charge on any atom is 0.412 e. The Bertz CT molecular complexity index is 101. The third kappa shape index (κ3) is 3.16. The topological polar surface area (TPSA) is 0 Å². The van der Waals surface area contributed by atoms with E-state index in [1.54, 1.807) is 0 Å². The Labute approximate surface area is 52.4 Å². The standard InChI is InChI=1S/C6H8F3/c1-3-4-5(2)6(7,8)9/h1-4H2. The molecule has 0 spiro atoms. The van der Waals surface area contributed by atoms with Gasteiger partial charge in [-0.2, -0.15) is 13.2 Å². The molecule has 0 atom stereocenters. The van der Waals surface area contributed by atoms with Gasteiger partial charge in [0, 0.05) is 5.57 Å². The average molecular weight is 137 g/mol. The van der Waals surface area contributed by atoms with Gasteiger partial charge in [0.1, 0.15) is 0 Å². The third-order valence-corrected chi connectivity index (χ3v) is 0.879. The molecule has 0 aliphatic carbocycles. The van der Waals surface area contributed by atoms with Crippen molar-refractivity contribution in [2.75, 3.05) is 0 Å². The van der Waals surface area contributed by atoms with Crippen molar-refractivity contribution in [1.29, 1.82) is 0 Å². The van der Waals surface area contributed by atoms with Crippen molar-refractivity contribution in [3.05, 3.63) is 19.1 Å². The number of hydrogen-bond donors (Lipinski definition) is 0. The molecule has 0 aromatic heterocycles. The molecule has 53 valence electrons. The fourth-order valence-corrected chi connectivity index (χ4v) is 0.355. The van der Waals surface area contributed by atoms with E-state index >= 15 is 0 Å². The first-order chi connectivity index (χ1) is 3.98. The first-order valence-corrected chi connectivity index (χ1v) is 2.52. The Kier molecular flexibility index (Phi) is 2.74. The molecule has 0 aliphatic heterocycles. The van der Waals surface area contributed by atoms with Crippen molar-refractivity contribution in [1.82, 2.24) is 0 Å². The molecule has 9 heavy (non-hydrogen) atoms. The lowest BCUT2D eigenvalue weighted by Gasteiger charge is -2.06. The number of allylic oxidation sites excluding steroid dienone is 1. The van der Waals surface area contributed by atoms with E-state index in [-0.39, 0.29) is 12.8 Å². The van der Waals surface area contributed by atoms with Gasteiger partial charge in [-0.15, -0.1) is 0 Å². The molecular formula is C6H8F3. The molecule has 3 heteroatoms. The second-order valence-electron chi connectivity index (χ2n) is 1.70. The van der Waals surface area contributed by atoms with Gasteiger partial charge in [-0.1, -0.05) is 13.5 Å². The zero-order valence-electron chi connectivity index (χ0n) is 4.96. The molecule has 0 aromatic rings. The molecule has 0 heterocycles. The second kappa shape index (κ2) is 2.90. The molecule has 0 unspecified atom stereocenters. The first kappa shape index (κ1) is 8.53. The molecule has 0 amide bonds. The van der Waals surface area contributed by atoms with E-state index < -0.39 is 11.7 Å². The van der Waals surface area contributed by atoms with Crippen LogP contribution < -0.4 is 0 Å². The van der Waals surface area contributed by atoms with Crippen molar-refractivity contribution in [3.8, 4) is 0 Å². The number of rotatable bonds is 2. The van der Waals surface area contributed by atoms with E-state index in [2.05, 4.69) is 13.5 Å². The summed E-state index contributed by atoms with van der Waals surface area (Å²) < 4.78 is 34.5. The van der Waals surface area contributed by atoms with Crippen LogP contribution in [0.5, 0.6) is 0 Å². The van der Waals surface area contributed by atoms with Crippen LogP contribution in [0, 0.1) is 6.92 Å². The van der Waals surface area contributed by atoms with Gasteiger partial charge in [-0.25, -0.2) is 0 Å². The highest BCUT2D eigenvalue weighted by Crippen LogP contribution is 2.26. The summed E-state index contributed by atoms with van der Waals surface area (Å²) in [6, 6.07) is 0. The van der Waals surface area contributed by atoms with E-state index in [4.69, 9.17) is 0 Å². The summed E-state index contributed by atoms with van der Waals surface area (Å²) in [5.74, 6) is 0. The van der Waals surface area contributed by atoms with Gasteiger partial charge in [-0.3, -0.25) is 0 Å². The van der Waals surface area contributed by atoms with E-state index in [9.17, 15) is 13.2 Å². The summed E-state index contributed by atoms with van der Waals surface area (Å²) in [5.41, 5.74) is -0.697. The van der Waals surface area contributed by atoms with Crippen LogP contribution in [0.1, 0.15) is 12.8 Å². The van der Waals surface area contributed by atoms with E-state index in [0.29, 0.717) is 0 Å². The maximum absolute atomic E-state index is 11.5. The van der Waals surface area contributed by atoms with Crippen LogP contribution in [-0.2, 0) is 0 Å². The number of halogens is 3. The van der Waals surface area contributed by atoms with Crippen molar-refractivity contribution in [2.24, 2.45) is 0 Å². The van der Waals surface area contributed by atoms with Gasteiger partial charge >= 0.3 is 6.18 Å². The molecule has 0 saturated heterocycles. The normalized spacial score (nSPS) is 11.6. The smallest absolute Gasteiger partial charge is 0.167 e. The Morgan fingerprint density at radius 3 is 1.89 bits per heavy atom. The summed E-state index contributed by atoms with van der Waals surface area (Å²) in [5, 5.41) is 0. The van der Waals surface area contributed by atoms with Crippen LogP contribution in [0.15, 0.2) is 12.2 Å². The summed E-state index contributed by atoms with van der Waals surface area (Å²) in [7, 11) is 0. The average Bonchev–Trinajstić information content (AvgIpc) is 1.64. The van der Waals surface area contributed by atoms with Gasteiger partial charge in [0.2, 0.25) is 0 Å². The molecule has 1 radical (unpaired) electrons. The zero-order valence-corrected chi connectivity index (χ0v) is 4.96. The summed E-state index contributed by atoms with van der Waals surface area (Å²) in [6.07, 6.45) is -4.04. The molecule has 0 aromatic carbocycles. The van der Waals surface area contributed by atoms with Crippen molar-refractivity contribution in [2.45, 2.75) is 19.0 Å². The molecule has 0 nitrogen and oxygen atoms in total. The predicted molar refractivity (Wildman–Crippen MR) is 29.8 cm³/mol. The van der Waals surface area contributed by atoms with E-state index in [0.717, 1.165) is 0 Å². The Morgan fingerprint density at radius 1 is 1.33 bits per heavy atom. The quantitative estimate of drug-likeness (QED) is 0.513. The highest BCUT2D eigenvalue weighted by atomic mass is 19.4. The van der Waals surface area contributed by atoms with Gasteiger partial charge < -0.3 is 0 Å². The van der Waals surface area contributed by atoms with Crippen molar-refractivity contribution >= 4 is 0 Å². The lowest BCUT2D eigenvalue weighted by molar-refractivity contribution is -0.0934. The largest absolute Gasteiger partial charge is 0.412 e. The minimum Gasteiger partial charge on any atom is -0.167 e. The van der Waals surface area contributed by atoms with Crippen LogP contribution in [-0.4, -0.2) is 6.18 Å². The zero-order chi connectivity index (χ0) is 7.49. The lowest BCUT2D eigenvalue weighted by Crippen LogP contribution is -2.09. The van der Waals surface area contributed by atoms with E-state index in [1.807, 2.05) is 0 Å². The van der Waals surface area contributed by atoms with Gasteiger partial charge in [0.05, 0.1) is 0 Å². The van der Waals surface area contributed by atoms with Gasteiger partial charge in [0.15, 0.2) is 0 Å². The van der Waals surface area contributed by atoms with Gasteiger partial charge in [-0.05, 0) is 12.8 Å². The molecule has 0 N–H and O–H groups in total. The molecule has 0 fully saturated rings. The van der Waals surface area contributed by atoms with Crippen LogP contribution in [0.25, 0.3) is 0 Å². The second-order valence-corrected chi connectivity index (χ2v) is 1.70. The number of hydrogen-bond acceptors (Lipinski definition) is 0. The molecule has 0 bridgehead atoms. The highest BCUT2D eigenvalue weighted by Gasteiger charge is 2.30. The minimum absolute atomic E-state index is 0.0660. The summed E-state index contributed by atoms with van der Waals surface area (Å²) >= 11 is 0. The molecule has 0 rings (SSSR count). The van der Waals surface area contributed by atoms with Crippen molar-refractivity contribution < 1.29 is 13.2 Å². The van der Waals surface area contributed by atoms with Gasteiger partial charge in [0.25, 0.3) is 0 Å². The monoisotopic (exact) mass is 137 g/mol. The van der Waals surface area contributed by atoms with E-state index in [1.165, 1.54) is 0 Å². The molecular weight excluding hydrogens is 129 g/mol. The third-order valence-electron chi connectivity index (χ3n) is 0.879. The van der Waals surface area contributed by atoms with Crippen molar-refractivity contribution in [3.63, 3.8) is 0 Å². The Balaban J connectivity index is 3.74. The Hall–Kier alpha value is -0.470. The highest BCUT2D eigenvalue weighted by molar-refractivity contribution is 5.01. The van der Waals surface area contributed by atoms with Crippen LogP contribution in [0.2, 0.25) is 0 Å². The fraction of sp³-hybridized carbons (Fsp3) is 0.500. The summed E-state index contributed by atoms with van der Waals surface area (Å²) in [4.78, 5) is 0. The van der Waals surface area contributed by atoms with Crippen LogP contribution >= 0.6 is 0 Å². The summed E-state index contributed by atoms with van der Waals surface area (Å²) in [6.45, 7) is 6.13. The number of alkyl halides is 3. The van der Waals surface area contributed by atoms with Crippen LogP contribution in [0.3, 0.4) is 0 Å². The van der Waals surface area contributed by atoms with Crippen LogP contribution in [0.4, 0.5) is 13.2 Å².